The minimum absolute atomic E-state index is 0.278. The molecule has 2 heterocycles. The molecule has 0 spiro atoms. The van der Waals surface area contributed by atoms with Gasteiger partial charge in [0.2, 0.25) is 0 Å². The molecule has 0 aromatic carbocycles. The first kappa shape index (κ1) is 10.7. The van der Waals surface area contributed by atoms with E-state index in [-0.39, 0.29) is 11.1 Å². The zero-order chi connectivity index (χ0) is 12.5. The summed E-state index contributed by atoms with van der Waals surface area (Å²) in [6.07, 6.45) is 6.14. The smallest absolute Gasteiger partial charge is 0.266 e. The summed E-state index contributed by atoms with van der Waals surface area (Å²) < 4.78 is 0. The quantitative estimate of drug-likeness (QED) is 0.822. The molecule has 0 saturated carbocycles. The van der Waals surface area contributed by atoms with Gasteiger partial charge >= 0.3 is 0 Å². The maximum Gasteiger partial charge on any atom is 0.266 e. The van der Waals surface area contributed by atoms with Gasteiger partial charge in [-0.3, -0.25) is 9.78 Å². The SMILES string of the molecule is N#Cc1c2c(c(-c3ccncc3)[nH]c1=O)CCC2. The number of nitrogens with zero attached hydrogens (tertiary/aromatic N) is 2. The Morgan fingerprint density at radius 3 is 2.67 bits per heavy atom. The summed E-state index contributed by atoms with van der Waals surface area (Å²) in [5.41, 5.74) is 3.81. The Kier molecular flexibility index (Phi) is 2.45. The van der Waals surface area contributed by atoms with Crippen LogP contribution in [-0.4, -0.2) is 9.97 Å². The van der Waals surface area contributed by atoms with Gasteiger partial charge < -0.3 is 4.98 Å². The van der Waals surface area contributed by atoms with Gasteiger partial charge in [0.15, 0.2) is 0 Å². The predicted molar refractivity (Wildman–Crippen MR) is 67.0 cm³/mol. The van der Waals surface area contributed by atoms with Crippen molar-refractivity contribution in [2.24, 2.45) is 0 Å². The van der Waals surface area contributed by atoms with E-state index in [4.69, 9.17) is 5.26 Å². The van der Waals surface area contributed by atoms with Crippen LogP contribution >= 0.6 is 0 Å². The fourth-order valence-corrected chi connectivity index (χ4v) is 2.57. The van der Waals surface area contributed by atoms with Crippen molar-refractivity contribution in [2.45, 2.75) is 19.3 Å². The molecular weight excluding hydrogens is 226 g/mol. The molecule has 0 unspecified atom stereocenters. The van der Waals surface area contributed by atoms with Gasteiger partial charge in [-0.2, -0.15) is 5.26 Å². The van der Waals surface area contributed by atoms with Crippen LogP contribution in [0.5, 0.6) is 0 Å². The third-order valence-corrected chi connectivity index (χ3v) is 3.37. The van der Waals surface area contributed by atoms with Crippen molar-refractivity contribution in [2.75, 3.05) is 0 Å². The molecular formula is C14H11N3O. The number of aromatic nitrogens is 2. The highest BCUT2D eigenvalue weighted by Crippen LogP contribution is 2.30. The lowest BCUT2D eigenvalue weighted by Gasteiger charge is -2.09. The lowest BCUT2D eigenvalue weighted by molar-refractivity contribution is 0.910. The second-order valence-corrected chi connectivity index (χ2v) is 4.36. The number of nitrogens with one attached hydrogen (secondary N) is 1. The summed E-state index contributed by atoms with van der Waals surface area (Å²) in [6.45, 7) is 0. The van der Waals surface area contributed by atoms with Crippen LogP contribution in [0.1, 0.15) is 23.1 Å². The molecule has 2 aromatic heterocycles. The van der Waals surface area contributed by atoms with Crippen LogP contribution in [0.4, 0.5) is 0 Å². The third-order valence-electron chi connectivity index (χ3n) is 3.37. The summed E-state index contributed by atoms with van der Waals surface area (Å²) in [5, 5.41) is 9.06. The van der Waals surface area contributed by atoms with E-state index in [9.17, 15) is 4.79 Å². The van der Waals surface area contributed by atoms with Crippen LogP contribution in [0, 0.1) is 11.3 Å². The molecule has 1 aliphatic rings. The van der Waals surface area contributed by atoms with E-state index >= 15 is 0 Å². The molecule has 88 valence electrons. The molecule has 4 heteroatoms. The molecule has 1 N–H and O–H groups in total. The first-order valence-corrected chi connectivity index (χ1v) is 5.90. The van der Waals surface area contributed by atoms with Crippen LogP contribution in [-0.2, 0) is 12.8 Å². The van der Waals surface area contributed by atoms with E-state index in [1.54, 1.807) is 12.4 Å². The number of nitriles is 1. The summed E-state index contributed by atoms with van der Waals surface area (Å²) in [6, 6.07) is 5.76. The standard InChI is InChI=1S/C14H11N3O/c15-8-12-10-2-1-3-11(10)13(17-14(12)18)9-4-6-16-7-5-9/h4-7H,1-3H2,(H,17,18). The van der Waals surface area contributed by atoms with Crippen LogP contribution in [0.2, 0.25) is 0 Å². The van der Waals surface area contributed by atoms with Crippen molar-refractivity contribution in [1.29, 1.82) is 5.26 Å². The molecule has 2 aromatic rings. The molecule has 0 saturated heterocycles. The van der Waals surface area contributed by atoms with Crippen molar-refractivity contribution in [3.05, 3.63) is 51.6 Å². The molecule has 1 aliphatic carbocycles. The lowest BCUT2D eigenvalue weighted by Crippen LogP contribution is -2.15. The number of hydrogen-bond donors (Lipinski definition) is 1. The number of hydrogen-bond acceptors (Lipinski definition) is 3. The number of aromatic amines is 1. The average Bonchev–Trinajstić information content (AvgIpc) is 2.88. The van der Waals surface area contributed by atoms with Crippen LogP contribution in [0.15, 0.2) is 29.3 Å². The third kappa shape index (κ3) is 1.52. The lowest BCUT2D eigenvalue weighted by atomic mass is 10.0. The first-order chi connectivity index (χ1) is 8.81. The zero-order valence-corrected chi connectivity index (χ0v) is 9.73. The maximum absolute atomic E-state index is 11.9. The molecule has 0 amide bonds. The topological polar surface area (TPSA) is 69.5 Å². The minimum Gasteiger partial charge on any atom is -0.321 e. The number of rotatable bonds is 1. The Morgan fingerprint density at radius 2 is 1.94 bits per heavy atom. The minimum atomic E-state index is -0.287. The largest absolute Gasteiger partial charge is 0.321 e. The summed E-state index contributed by atoms with van der Waals surface area (Å²) in [7, 11) is 0. The van der Waals surface area contributed by atoms with Gasteiger partial charge in [-0.15, -0.1) is 0 Å². The highest BCUT2D eigenvalue weighted by molar-refractivity contribution is 5.66. The van der Waals surface area contributed by atoms with Crippen molar-refractivity contribution < 1.29 is 0 Å². The van der Waals surface area contributed by atoms with E-state index in [1.165, 1.54) is 0 Å². The van der Waals surface area contributed by atoms with Gasteiger partial charge in [0, 0.05) is 18.0 Å². The first-order valence-electron chi connectivity index (χ1n) is 5.90. The highest BCUT2D eigenvalue weighted by atomic mass is 16.1. The van der Waals surface area contributed by atoms with Crippen molar-refractivity contribution in [3.63, 3.8) is 0 Å². The van der Waals surface area contributed by atoms with Gasteiger partial charge in [-0.1, -0.05) is 0 Å². The Balaban J connectivity index is 2.31. The average molecular weight is 237 g/mol. The van der Waals surface area contributed by atoms with Crippen LogP contribution in [0.3, 0.4) is 0 Å². The summed E-state index contributed by atoms with van der Waals surface area (Å²) >= 11 is 0. The van der Waals surface area contributed by atoms with Crippen LogP contribution in [0.25, 0.3) is 11.3 Å². The molecule has 0 radical (unpaired) electrons. The Bertz CT molecular complexity index is 695. The van der Waals surface area contributed by atoms with Gasteiger partial charge in [0.25, 0.3) is 5.56 Å². The zero-order valence-electron chi connectivity index (χ0n) is 9.73. The van der Waals surface area contributed by atoms with E-state index in [1.807, 2.05) is 18.2 Å². The molecule has 3 rings (SSSR count). The molecule has 4 nitrogen and oxygen atoms in total. The van der Waals surface area contributed by atoms with Crippen LogP contribution < -0.4 is 5.56 Å². The summed E-state index contributed by atoms with van der Waals surface area (Å²) in [5.74, 6) is 0. The molecule has 0 aliphatic heterocycles. The van der Waals surface area contributed by atoms with E-state index in [2.05, 4.69) is 9.97 Å². The summed E-state index contributed by atoms with van der Waals surface area (Å²) in [4.78, 5) is 18.7. The second-order valence-electron chi connectivity index (χ2n) is 4.36. The molecule has 18 heavy (non-hydrogen) atoms. The van der Waals surface area contributed by atoms with Crippen molar-refractivity contribution >= 4 is 0 Å². The van der Waals surface area contributed by atoms with E-state index in [0.29, 0.717) is 0 Å². The molecule has 0 bridgehead atoms. The van der Waals surface area contributed by atoms with Gasteiger partial charge in [-0.05, 0) is 42.5 Å². The second kappa shape index (κ2) is 4.11. The monoisotopic (exact) mass is 237 g/mol. The number of fused-ring (bicyclic) bond motifs is 1. The van der Waals surface area contributed by atoms with Crippen molar-refractivity contribution in [1.82, 2.24) is 9.97 Å². The highest BCUT2D eigenvalue weighted by Gasteiger charge is 2.22. The normalized spacial score (nSPS) is 13.1. The van der Waals surface area contributed by atoms with Gasteiger partial charge in [0.05, 0.1) is 5.69 Å². The van der Waals surface area contributed by atoms with E-state index in [0.717, 1.165) is 41.6 Å². The number of H-pyrrole nitrogens is 1. The fourth-order valence-electron chi connectivity index (χ4n) is 2.57. The number of pyridine rings is 2. The van der Waals surface area contributed by atoms with Gasteiger partial charge in [0.1, 0.15) is 11.6 Å². The molecule has 0 atom stereocenters. The Morgan fingerprint density at radius 1 is 1.22 bits per heavy atom. The van der Waals surface area contributed by atoms with Crippen molar-refractivity contribution in [3.8, 4) is 17.3 Å². The van der Waals surface area contributed by atoms with Gasteiger partial charge in [-0.25, -0.2) is 0 Å². The predicted octanol–water partition coefficient (Wildman–Crippen LogP) is 1.80. The maximum atomic E-state index is 11.9. The molecule has 0 fully saturated rings. The fraction of sp³-hybridized carbons (Fsp3) is 0.214. The Labute approximate surface area is 104 Å². The van der Waals surface area contributed by atoms with E-state index < -0.39 is 0 Å². The Hall–Kier alpha value is -2.41.